The van der Waals surface area contributed by atoms with Crippen LogP contribution in [0.2, 0.25) is 0 Å². The molecule has 0 aromatic rings. The fourth-order valence-corrected chi connectivity index (χ4v) is 3.13. The molecular formula is C16H25N3O4. The summed E-state index contributed by atoms with van der Waals surface area (Å²) < 4.78 is 10.7. The summed E-state index contributed by atoms with van der Waals surface area (Å²) >= 11 is 0. The molecule has 0 aromatic heterocycles. The van der Waals surface area contributed by atoms with Gasteiger partial charge in [-0.05, 0) is 12.3 Å². The number of likely N-dealkylation sites (N-methyl/N-ethyl adjacent to an activating group) is 1. The SMILES string of the molecule is CN(C#N)C(=O)C(CC1CCCCC1)OC(=O)N1CCOCC1. The topological polar surface area (TPSA) is 82.9 Å². The lowest BCUT2D eigenvalue weighted by Crippen LogP contribution is -2.45. The van der Waals surface area contributed by atoms with Gasteiger partial charge in [-0.25, -0.2) is 9.69 Å². The van der Waals surface area contributed by atoms with Gasteiger partial charge in [-0.3, -0.25) is 4.79 Å². The van der Waals surface area contributed by atoms with Crippen molar-refractivity contribution in [1.82, 2.24) is 9.80 Å². The maximum Gasteiger partial charge on any atom is 0.410 e. The Morgan fingerprint density at radius 2 is 1.96 bits per heavy atom. The van der Waals surface area contributed by atoms with Crippen molar-refractivity contribution in [2.24, 2.45) is 5.92 Å². The lowest BCUT2D eigenvalue weighted by atomic mass is 9.85. The van der Waals surface area contributed by atoms with E-state index in [1.807, 2.05) is 0 Å². The second-order valence-electron chi connectivity index (χ2n) is 6.21. The van der Waals surface area contributed by atoms with Crippen LogP contribution in [0.3, 0.4) is 0 Å². The molecule has 1 atom stereocenters. The highest BCUT2D eigenvalue weighted by atomic mass is 16.6. The van der Waals surface area contributed by atoms with Crippen LogP contribution >= 0.6 is 0 Å². The second-order valence-corrected chi connectivity index (χ2v) is 6.21. The van der Waals surface area contributed by atoms with E-state index >= 15 is 0 Å². The molecule has 1 aliphatic heterocycles. The molecule has 2 rings (SSSR count). The highest BCUT2D eigenvalue weighted by Gasteiger charge is 2.31. The molecule has 1 heterocycles. The first-order chi connectivity index (χ1) is 11.1. The summed E-state index contributed by atoms with van der Waals surface area (Å²) in [5, 5.41) is 8.93. The van der Waals surface area contributed by atoms with Gasteiger partial charge in [0.15, 0.2) is 12.3 Å². The summed E-state index contributed by atoms with van der Waals surface area (Å²) in [6.45, 7) is 1.90. The monoisotopic (exact) mass is 323 g/mol. The molecule has 0 spiro atoms. The van der Waals surface area contributed by atoms with E-state index in [4.69, 9.17) is 14.7 Å². The number of carbonyl (C=O) groups excluding carboxylic acids is 2. The Bertz CT molecular complexity index is 451. The third-order valence-electron chi connectivity index (χ3n) is 4.54. The van der Waals surface area contributed by atoms with E-state index in [-0.39, 0.29) is 0 Å². The molecule has 2 fully saturated rings. The van der Waals surface area contributed by atoms with Gasteiger partial charge in [0, 0.05) is 20.1 Å². The van der Waals surface area contributed by atoms with Crippen LogP contribution in [0, 0.1) is 17.4 Å². The third kappa shape index (κ3) is 5.10. The van der Waals surface area contributed by atoms with Crippen LogP contribution < -0.4 is 0 Å². The van der Waals surface area contributed by atoms with Gasteiger partial charge in [0.05, 0.1) is 13.2 Å². The minimum atomic E-state index is -0.877. The van der Waals surface area contributed by atoms with Crippen LogP contribution in [0.1, 0.15) is 38.5 Å². The van der Waals surface area contributed by atoms with E-state index in [2.05, 4.69) is 0 Å². The normalized spacial score (nSPS) is 20.4. The number of ether oxygens (including phenoxy) is 2. The van der Waals surface area contributed by atoms with Crippen molar-refractivity contribution < 1.29 is 19.1 Å². The van der Waals surface area contributed by atoms with Crippen LogP contribution in [0.25, 0.3) is 0 Å². The molecule has 1 unspecified atom stereocenters. The lowest BCUT2D eigenvalue weighted by molar-refractivity contribution is -0.138. The van der Waals surface area contributed by atoms with Gasteiger partial charge in [0.2, 0.25) is 0 Å². The van der Waals surface area contributed by atoms with E-state index in [1.165, 1.54) is 13.5 Å². The van der Waals surface area contributed by atoms with Crippen LogP contribution in [-0.2, 0) is 14.3 Å². The Labute approximate surface area is 137 Å². The van der Waals surface area contributed by atoms with Gasteiger partial charge in [-0.2, -0.15) is 5.26 Å². The molecule has 1 aliphatic carbocycles. The van der Waals surface area contributed by atoms with Crippen molar-refractivity contribution in [2.45, 2.75) is 44.6 Å². The Morgan fingerprint density at radius 1 is 1.30 bits per heavy atom. The fraction of sp³-hybridized carbons (Fsp3) is 0.812. The van der Waals surface area contributed by atoms with Crippen LogP contribution in [0.15, 0.2) is 0 Å². The van der Waals surface area contributed by atoms with Gasteiger partial charge >= 0.3 is 6.09 Å². The summed E-state index contributed by atoms with van der Waals surface area (Å²) in [4.78, 5) is 27.1. The van der Waals surface area contributed by atoms with E-state index < -0.39 is 18.1 Å². The smallest absolute Gasteiger partial charge is 0.410 e. The van der Waals surface area contributed by atoms with Gasteiger partial charge in [-0.1, -0.05) is 32.1 Å². The molecule has 2 aliphatic rings. The average molecular weight is 323 g/mol. The number of amides is 2. The number of morpholine rings is 1. The molecule has 128 valence electrons. The number of hydrogen-bond acceptors (Lipinski definition) is 5. The van der Waals surface area contributed by atoms with Gasteiger partial charge < -0.3 is 14.4 Å². The molecule has 2 amide bonds. The van der Waals surface area contributed by atoms with Crippen molar-refractivity contribution >= 4 is 12.0 Å². The zero-order chi connectivity index (χ0) is 16.7. The zero-order valence-corrected chi connectivity index (χ0v) is 13.7. The largest absolute Gasteiger partial charge is 0.436 e. The molecule has 1 saturated carbocycles. The average Bonchev–Trinajstić information content (AvgIpc) is 2.61. The Hall–Kier alpha value is -1.81. The molecule has 1 saturated heterocycles. The van der Waals surface area contributed by atoms with E-state index in [9.17, 15) is 9.59 Å². The number of rotatable bonds is 4. The molecular weight excluding hydrogens is 298 g/mol. The van der Waals surface area contributed by atoms with Crippen LogP contribution in [0.5, 0.6) is 0 Å². The van der Waals surface area contributed by atoms with E-state index in [0.717, 1.165) is 30.6 Å². The number of hydrogen-bond donors (Lipinski definition) is 0. The highest BCUT2D eigenvalue weighted by Crippen LogP contribution is 2.28. The molecule has 0 bridgehead atoms. The minimum Gasteiger partial charge on any atom is -0.436 e. The molecule has 0 N–H and O–H groups in total. The quantitative estimate of drug-likeness (QED) is 0.581. The van der Waals surface area contributed by atoms with Crippen molar-refractivity contribution in [1.29, 1.82) is 5.26 Å². The number of carbonyl (C=O) groups is 2. The number of nitrogens with zero attached hydrogens (tertiary/aromatic N) is 3. The van der Waals surface area contributed by atoms with E-state index in [1.54, 1.807) is 11.1 Å². The van der Waals surface area contributed by atoms with Crippen molar-refractivity contribution in [3.8, 4) is 6.19 Å². The van der Waals surface area contributed by atoms with Crippen molar-refractivity contribution in [3.63, 3.8) is 0 Å². The first-order valence-corrected chi connectivity index (χ1v) is 8.32. The molecule has 7 nitrogen and oxygen atoms in total. The Morgan fingerprint density at radius 3 is 2.57 bits per heavy atom. The predicted molar refractivity (Wildman–Crippen MR) is 82.2 cm³/mol. The molecule has 0 aromatic carbocycles. The molecule has 0 radical (unpaired) electrons. The summed E-state index contributed by atoms with van der Waals surface area (Å²) in [6.07, 6.45) is 6.55. The van der Waals surface area contributed by atoms with Crippen LogP contribution in [-0.4, -0.2) is 61.3 Å². The first-order valence-electron chi connectivity index (χ1n) is 8.32. The fourth-order valence-electron chi connectivity index (χ4n) is 3.13. The summed E-state index contributed by atoms with van der Waals surface area (Å²) in [5.74, 6) is -0.0676. The van der Waals surface area contributed by atoms with Crippen molar-refractivity contribution in [2.75, 3.05) is 33.4 Å². The minimum absolute atomic E-state index is 0.377. The van der Waals surface area contributed by atoms with Gasteiger partial charge in [0.1, 0.15) is 0 Å². The number of nitriles is 1. The maximum absolute atomic E-state index is 12.3. The Kier molecular flexibility index (Phi) is 6.66. The van der Waals surface area contributed by atoms with Gasteiger partial charge in [-0.15, -0.1) is 0 Å². The summed E-state index contributed by atoms with van der Waals surface area (Å²) in [5.41, 5.74) is 0. The predicted octanol–water partition coefficient (Wildman–Crippen LogP) is 1.73. The van der Waals surface area contributed by atoms with E-state index in [0.29, 0.717) is 38.6 Å². The molecule has 23 heavy (non-hydrogen) atoms. The summed E-state index contributed by atoms with van der Waals surface area (Å²) in [6, 6.07) is 0. The zero-order valence-electron chi connectivity index (χ0n) is 13.7. The molecule has 7 heteroatoms. The third-order valence-corrected chi connectivity index (χ3v) is 4.54. The Balaban J connectivity index is 1.98. The lowest BCUT2D eigenvalue weighted by Gasteiger charge is -2.30. The first kappa shape index (κ1) is 17.5. The van der Waals surface area contributed by atoms with Crippen molar-refractivity contribution in [3.05, 3.63) is 0 Å². The van der Waals surface area contributed by atoms with Gasteiger partial charge in [0.25, 0.3) is 5.91 Å². The highest BCUT2D eigenvalue weighted by molar-refractivity contribution is 5.84. The van der Waals surface area contributed by atoms with Crippen LogP contribution in [0.4, 0.5) is 4.79 Å². The second kappa shape index (κ2) is 8.73. The standard InChI is InChI=1S/C16H25N3O4/c1-18(12-17)15(20)14(11-13-5-3-2-4-6-13)23-16(21)19-7-9-22-10-8-19/h13-14H,2-11H2,1H3. The maximum atomic E-state index is 12.3. The summed E-state index contributed by atoms with van der Waals surface area (Å²) in [7, 11) is 1.40.